The SMILES string of the molecule is CC(NC(=O)CNN[C@H](C=O)CCCN=C(N)N)C(=O)O. The molecule has 0 saturated carbocycles. The Kier molecular flexibility index (Phi) is 9.46. The van der Waals surface area contributed by atoms with Crippen LogP contribution in [0.1, 0.15) is 19.8 Å². The van der Waals surface area contributed by atoms with Crippen molar-refractivity contribution in [1.29, 1.82) is 0 Å². The van der Waals surface area contributed by atoms with Crippen molar-refractivity contribution in [2.24, 2.45) is 16.5 Å². The van der Waals surface area contributed by atoms with Crippen molar-refractivity contribution in [3.63, 3.8) is 0 Å². The molecule has 0 rings (SSSR count). The Morgan fingerprint density at radius 3 is 2.57 bits per heavy atom. The predicted molar refractivity (Wildman–Crippen MR) is 76.1 cm³/mol. The van der Waals surface area contributed by atoms with E-state index in [4.69, 9.17) is 16.6 Å². The quantitative estimate of drug-likeness (QED) is 0.0785. The number of nitrogens with two attached hydrogens (primary N) is 2. The lowest BCUT2D eigenvalue weighted by Gasteiger charge is -2.14. The zero-order chi connectivity index (χ0) is 16.3. The number of carbonyl (C=O) groups excluding carboxylic acids is 2. The number of nitrogens with one attached hydrogen (secondary N) is 3. The standard InChI is InChI=1S/C11H22N6O4/c1-7(10(20)21)16-9(19)5-15-17-8(6-18)3-2-4-14-11(12)13/h6-8,15,17H,2-5H2,1H3,(H,16,19)(H,20,21)(H4,12,13,14)/t7?,8-/m0/s1. The van der Waals surface area contributed by atoms with Gasteiger partial charge in [0.2, 0.25) is 5.91 Å². The maximum Gasteiger partial charge on any atom is 0.325 e. The molecular weight excluding hydrogens is 280 g/mol. The lowest BCUT2D eigenvalue weighted by Crippen LogP contribution is -2.49. The summed E-state index contributed by atoms with van der Waals surface area (Å²) in [5, 5.41) is 10.9. The van der Waals surface area contributed by atoms with E-state index in [1.54, 1.807) is 0 Å². The van der Waals surface area contributed by atoms with Crippen LogP contribution in [-0.2, 0) is 14.4 Å². The summed E-state index contributed by atoms with van der Waals surface area (Å²) < 4.78 is 0. The van der Waals surface area contributed by atoms with Gasteiger partial charge in [0.05, 0.1) is 12.6 Å². The Hall–Kier alpha value is -2.20. The molecule has 10 heteroatoms. The number of hydrogen-bond donors (Lipinski definition) is 6. The van der Waals surface area contributed by atoms with Gasteiger partial charge in [0.1, 0.15) is 12.3 Å². The van der Waals surface area contributed by atoms with Crippen LogP contribution < -0.4 is 27.6 Å². The molecular formula is C11H22N6O4. The second-order valence-corrected chi connectivity index (χ2v) is 4.32. The highest BCUT2D eigenvalue weighted by molar-refractivity contribution is 5.84. The molecule has 0 saturated heterocycles. The van der Waals surface area contributed by atoms with Crippen molar-refractivity contribution in [2.75, 3.05) is 13.1 Å². The number of aldehydes is 1. The lowest BCUT2D eigenvalue weighted by molar-refractivity contribution is -0.141. The summed E-state index contributed by atoms with van der Waals surface area (Å²) >= 11 is 0. The summed E-state index contributed by atoms with van der Waals surface area (Å²) in [7, 11) is 0. The highest BCUT2D eigenvalue weighted by atomic mass is 16.4. The molecule has 0 radical (unpaired) electrons. The second-order valence-electron chi connectivity index (χ2n) is 4.32. The fourth-order valence-electron chi connectivity index (χ4n) is 1.31. The van der Waals surface area contributed by atoms with Crippen LogP contribution in [0.5, 0.6) is 0 Å². The Labute approximate surface area is 122 Å². The van der Waals surface area contributed by atoms with Gasteiger partial charge in [0.25, 0.3) is 0 Å². The van der Waals surface area contributed by atoms with Gasteiger partial charge in [-0.3, -0.25) is 14.6 Å². The number of aliphatic carboxylic acids is 1. The zero-order valence-corrected chi connectivity index (χ0v) is 11.8. The smallest absolute Gasteiger partial charge is 0.325 e. The van der Waals surface area contributed by atoms with Crippen molar-refractivity contribution < 1.29 is 19.5 Å². The Morgan fingerprint density at radius 2 is 2.05 bits per heavy atom. The molecule has 0 aromatic rings. The van der Waals surface area contributed by atoms with Gasteiger partial charge in [-0.15, -0.1) is 0 Å². The van der Waals surface area contributed by atoms with E-state index in [0.29, 0.717) is 25.7 Å². The number of guanidine groups is 1. The average Bonchev–Trinajstić information content (AvgIpc) is 2.40. The van der Waals surface area contributed by atoms with Gasteiger partial charge in [-0.2, -0.15) is 0 Å². The van der Waals surface area contributed by atoms with E-state index in [2.05, 4.69) is 21.2 Å². The molecule has 10 nitrogen and oxygen atoms in total. The number of rotatable bonds is 11. The van der Waals surface area contributed by atoms with E-state index >= 15 is 0 Å². The topological polar surface area (TPSA) is 172 Å². The highest BCUT2D eigenvalue weighted by Gasteiger charge is 2.13. The Bertz CT molecular complexity index is 383. The van der Waals surface area contributed by atoms with E-state index in [1.165, 1.54) is 6.92 Å². The number of aliphatic imine (C=N–C) groups is 1. The number of carbonyl (C=O) groups is 3. The van der Waals surface area contributed by atoms with E-state index in [-0.39, 0.29) is 12.5 Å². The van der Waals surface area contributed by atoms with Crippen LogP contribution in [0.2, 0.25) is 0 Å². The summed E-state index contributed by atoms with van der Waals surface area (Å²) in [4.78, 5) is 36.5. The molecule has 8 N–H and O–H groups in total. The van der Waals surface area contributed by atoms with Gasteiger partial charge < -0.3 is 26.7 Å². The molecule has 0 aliphatic carbocycles. The molecule has 0 fully saturated rings. The molecule has 0 aliphatic heterocycles. The van der Waals surface area contributed by atoms with Crippen molar-refractivity contribution in [1.82, 2.24) is 16.2 Å². The minimum absolute atomic E-state index is 0.00652. The molecule has 0 aromatic heterocycles. The lowest BCUT2D eigenvalue weighted by atomic mass is 10.2. The van der Waals surface area contributed by atoms with Crippen molar-refractivity contribution in [2.45, 2.75) is 31.8 Å². The number of carboxylic acids is 1. The van der Waals surface area contributed by atoms with Gasteiger partial charge in [0, 0.05) is 6.54 Å². The third kappa shape index (κ3) is 10.3. The molecule has 1 amide bonds. The van der Waals surface area contributed by atoms with Gasteiger partial charge in [-0.25, -0.2) is 10.9 Å². The Morgan fingerprint density at radius 1 is 1.38 bits per heavy atom. The van der Waals surface area contributed by atoms with E-state index in [9.17, 15) is 14.4 Å². The first kappa shape index (κ1) is 18.8. The number of nitrogens with zero attached hydrogens (tertiary/aromatic N) is 1. The number of hydrogen-bond acceptors (Lipinski definition) is 6. The highest BCUT2D eigenvalue weighted by Crippen LogP contribution is 1.94. The summed E-state index contributed by atoms with van der Waals surface area (Å²) in [6.45, 7) is 1.60. The molecule has 2 atom stereocenters. The van der Waals surface area contributed by atoms with Gasteiger partial charge in [0.15, 0.2) is 5.96 Å². The molecule has 1 unspecified atom stereocenters. The molecule has 0 aromatic carbocycles. The van der Waals surface area contributed by atoms with Crippen LogP contribution in [0.3, 0.4) is 0 Å². The minimum atomic E-state index is -1.12. The first-order chi connectivity index (χ1) is 9.86. The van der Waals surface area contributed by atoms with Crippen LogP contribution in [0.4, 0.5) is 0 Å². The van der Waals surface area contributed by atoms with Crippen LogP contribution in [-0.4, -0.2) is 54.4 Å². The summed E-state index contributed by atoms with van der Waals surface area (Å²) in [6.07, 6.45) is 1.78. The van der Waals surface area contributed by atoms with E-state index < -0.39 is 24.0 Å². The van der Waals surface area contributed by atoms with Gasteiger partial charge in [-0.05, 0) is 19.8 Å². The van der Waals surface area contributed by atoms with Crippen LogP contribution in [0.15, 0.2) is 4.99 Å². The Balaban J connectivity index is 3.85. The first-order valence-electron chi connectivity index (χ1n) is 6.38. The number of hydrazine groups is 1. The van der Waals surface area contributed by atoms with Gasteiger partial charge >= 0.3 is 5.97 Å². The van der Waals surface area contributed by atoms with Crippen LogP contribution in [0, 0.1) is 0 Å². The molecule has 0 aliphatic rings. The third-order valence-corrected chi connectivity index (χ3v) is 2.42. The maximum absolute atomic E-state index is 11.4. The van der Waals surface area contributed by atoms with E-state index in [0.717, 1.165) is 0 Å². The summed E-state index contributed by atoms with van der Waals surface area (Å²) in [6, 6.07) is -1.47. The average molecular weight is 302 g/mol. The summed E-state index contributed by atoms with van der Waals surface area (Å²) in [5.41, 5.74) is 15.5. The molecule has 0 bridgehead atoms. The minimum Gasteiger partial charge on any atom is -0.480 e. The molecule has 21 heavy (non-hydrogen) atoms. The molecule has 0 spiro atoms. The predicted octanol–water partition coefficient (Wildman–Crippen LogP) is -2.71. The van der Waals surface area contributed by atoms with Crippen molar-refractivity contribution in [3.05, 3.63) is 0 Å². The largest absolute Gasteiger partial charge is 0.480 e. The second kappa shape index (κ2) is 10.6. The first-order valence-corrected chi connectivity index (χ1v) is 6.38. The monoisotopic (exact) mass is 302 g/mol. The summed E-state index contributed by atoms with van der Waals surface area (Å²) in [5.74, 6) is -1.63. The maximum atomic E-state index is 11.4. The van der Waals surface area contributed by atoms with Crippen LogP contribution in [0.25, 0.3) is 0 Å². The van der Waals surface area contributed by atoms with Gasteiger partial charge in [-0.1, -0.05) is 0 Å². The number of carboxylic acid groups (broad SMARTS) is 1. The fraction of sp³-hybridized carbons (Fsp3) is 0.636. The molecule has 120 valence electrons. The van der Waals surface area contributed by atoms with E-state index in [1.807, 2.05) is 0 Å². The van der Waals surface area contributed by atoms with Crippen molar-refractivity contribution >= 4 is 24.1 Å². The third-order valence-electron chi connectivity index (χ3n) is 2.42. The zero-order valence-electron chi connectivity index (χ0n) is 11.8. The normalized spacial score (nSPS) is 13.0. The molecule has 0 heterocycles. The van der Waals surface area contributed by atoms with Crippen molar-refractivity contribution in [3.8, 4) is 0 Å². The fourth-order valence-corrected chi connectivity index (χ4v) is 1.31. The van der Waals surface area contributed by atoms with Crippen LogP contribution >= 0.6 is 0 Å². The number of amides is 1.